The fourth-order valence-electron chi connectivity index (χ4n) is 5.38. The van der Waals surface area contributed by atoms with E-state index >= 15 is 0 Å². The molecule has 1 saturated carbocycles. The van der Waals surface area contributed by atoms with Gasteiger partial charge in [0.1, 0.15) is 10.7 Å². The number of para-hydroxylation sites is 2. The van der Waals surface area contributed by atoms with Gasteiger partial charge in [-0.05, 0) is 75.4 Å². The zero-order valence-corrected chi connectivity index (χ0v) is 25.2. The maximum absolute atomic E-state index is 13.0. The molecule has 9 nitrogen and oxygen atoms in total. The van der Waals surface area contributed by atoms with Gasteiger partial charge in [-0.1, -0.05) is 42.5 Å². The van der Waals surface area contributed by atoms with Crippen LogP contribution >= 0.6 is 0 Å². The molecule has 0 radical (unpaired) electrons. The van der Waals surface area contributed by atoms with Crippen LogP contribution in [0.4, 0.5) is 11.8 Å². The van der Waals surface area contributed by atoms with Crippen molar-refractivity contribution in [2.45, 2.75) is 50.1 Å². The lowest BCUT2D eigenvalue weighted by Gasteiger charge is -2.29. The smallest absolute Gasteiger partial charge is 0.339 e. The van der Waals surface area contributed by atoms with Gasteiger partial charge in [0.25, 0.3) is 0 Å². The van der Waals surface area contributed by atoms with E-state index < -0.39 is 10.1 Å². The highest BCUT2D eigenvalue weighted by Crippen LogP contribution is 2.34. The summed E-state index contributed by atoms with van der Waals surface area (Å²) in [6.45, 7) is 3.56. The first-order valence-corrected chi connectivity index (χ1v) is 15.9. The molecule has 0 saturated heterocycles. The van der Waals surface area contributed by atoms with E-state index in [1.54, 1.807) is 24.3 Å². The Bertz CT molecular complexity index is 1590. The van der Waals surface area contributed by atoms with Gasteiger partial charge in [-0.2, -0.15) is 13.4 Å². The molecular weight excluding hydrogens is 550 g/mol. The summed E-state index contributed by atoms with van der Waals surface area (Å²) in [5.41, 5.74) is 1.67. The molecule has 0 unspecified atom stereocenters. The molecule has 0 bridgehead atoms. The Labute approximate surface area is 248 Å². The van der Waals surface area contributed by atoms with Crippen LogP contribution in [-0.4, -0.2) is 51.7 Å². The molecule has 5 rings (SSSR count). The highest BCUT2D eigenvalue weighted by molar-refractivity contribution is 7.87. The number of anilines is 2. The van der Waals surface area contributed by atoms with Gasteiger partial charge >= 0.3 is 10.1 Å². The van der Waals surface area contributed by atoms with Crippen LogP contribution in [0.5, 0.6) is 11.5 Å². The summed E-state index contributed by atoms with van der Waals surface area (Å²) in [5.74, 6) is 2.75. The molecular formula is C32H39N5O4S. The second kappa shape index (κ2) is 13.4. The van der Waals surface area contributed by atoms with Gasteiger partial charge in [0, 0.05) is 37.6 Å². The van der Waals surface area contributed by atoms with Crippen molar-refractivity contribution in [3.63, 3.8) is 0 Å². The molecule has 1 aliphatic rings. The minimum Gasteiger partial charge on any atom is -0.490 e. The van der Waals surface area contributed by atoms with Gasteiger partial charge in [-0.15, -0.1) is 0 Å². The molecule has 1 heterocycles. The van der Waals surface area contributed by atoms with Gasteiger partial charge in [0.2, 0.25) is 5.95 Å². The van der Waals surface area contributed by atoms with Gasteiger partial charge in [-0.3, -0.25) is 0 Å². The average Bonchev–Trinajstić information content (AvgIpc) is 2.99. The quantitative estimate of drug-likeness (QED) is 0.204. The number of fused-ring (bicyclic) bond motifs is 1. The zero-order valence-electron chi connectivity index (χ0n) is 24.4. The molecule has 222 valence electrons. The first-order chi connectivity index (χ1) is 20.3. The average molecular weight is 590 g/mol. The lowest BCUT2D eigenvalue weighted by atomic mass is 9.86. The van der Waals surface area contributed by atoms with Crippen LogP contribution in [0.15, 0.2) is 77.7 Å². The van der Waals surface area contributed by atoms with Crippen LogP contribution < -0.4 is 24.5 Å². The maximum atomic E-state index is 13.0. The molecule has 2 N–H and O–H groups in total. The SMILES string of the molecule is CCOc1cccc(CNCC2CCC(Nc3nc(N(C)C)c4ccccc4n3)CC2)c1OS(=O)(=O)c1ccccc1. The lowest BCUT2D eigenvalue weighted by Crippen LogP contribution is -2.31. The summed E-state index contributed by atoms with van der Waals surface area (Å²) in [4.78, 5) is 11.7. The van der Waals surface area contributed by atoms with Crippen molar-refractivity contribution >= 4 is 32.8 Å². The van der Waals surface area contributed by atoms with Crippen LogP contribution in [0, 0.1) is 5.92 Å². The van der Waals surface area contributed by atoms with Gasteiger partial charge in [0.05, 0.1) is 12.1 Å². The van der Waals surface area contributed by atoms with Crippen LogP contribution in [0.25, 0.3) is 10.9 Å². The first kappa shape index (κ1) is 29.6. The molecule has 0 amide bonds. The highest BCUT2D eigenvalue weighted by atomic mass is 32.2. The van der Waals surface area contributed by atoms with E-state index in [9.17, 15) is 8.42 Å². The van der Waals surface area contributed by atoms with E-state index in [1.165, 1.54) is 12.1 Å². The van der Waals surface area contributed by atoms with Crippen molar-refractivity contribution in [2.24, 2.45) is 5.92 Å². The summed E-state index contributed by atoms with van der Waals surface area (Å²) in [6, 6.07) is 22.0. The molecule has 10 heteroatoms. The number of hydrogen-bond acceptors (Lipinski definition) is 9. The fourth-order valence-corrected chi connectivity index (χ4v) is 6.37. The summed E-state index contributed by atoms with van der Waals surface area (Å²) in [6.07, 6.45) is 4.21. The standard InChI is InChI=1S/C32H39N5O4S/c1-4-40-29-16-10-11-24(30(29)41-42(38,39)26-12-6-5-7-13-26)22-33-21-23-17-19-25(20-18-23)34-32-35-28-15-9-8-14-27(28)31(36-32)37(2)3/h5-16,23,25,33H,4,17-22H2,1-3H3,(H,34,35,36). The van der Waals surface area contributed by atoms with E-state index in [-0.39, 0.29) is 10.6 Å². The molecule has 42 heavy (non-hydrogen) atoms. The minimum absolute atomic E-state index is 0.104. The summed E-state index contributed by atoms with van der Waals surface area (Å²) >= 11 is 0. The predicted octanol–water partition coefficient (Wildman–Crippen LogP) is 5.62. The number of ether oxygens (including phenoxy) is 1. The molecule has 4 aromatic rings. The number of aromatic nitrogens is 2. The van der Waals surface area contributed by atoms with E-state index in [0.717, 1.165) is 54.5 Å². The van der Waals surface area contributed by atoms with Crippen molar-refractivity contribution in [3.05, 3.63) is 78.4 Å². The van der Waals surface area contributed by atoms with Crippen molar-refractivity contribution in [1.29, 1.82) is 0 Å². The van der Waals surface area contributed by atoms with E-state index in [0.29, 0.717) is 36.8 Å². The highest BCUT2D eigenvalue weighted by Gasteiger charge is 2.24. The number of benzene rings is 3. The number of rotatable bonds is 12. The second-order valence-electron chi connectivity index (χ2n) is 10.8. The number of nitrogens with zero attached hydrogens (tertiary/aromatic N) is 3. The molecule has 0 aliphatic heterocycles. The van der Waals surface area contributed by atoms with Crippen LogP contribution in [-0.2, 0) is 16.7 Å². The van der Waals surface area contributed by atoms with E-state index in [1.807, 2.05) is 56.3 Å². The normalized spacial score (nSPS) is 17.1. The Morgan fingerprint density at radius 2 is 1.64 bits per heavy atom. The minimum atomic E-state index is -4.00. The third kappa shape index (κ3) is 7.11. The maximum Gasteiger partial charge on any atom is 0.339 e. The Hall–Kier alpha value is -3.89. The van der Waals surface area contributed by atoms with Crippen LogP contribution in [0.1, 0.15) is 38.2 Å². The molecule has 1 fully saturated rings. The first-order valence-electron chi connectivity index (χ1n) is 14.5. The fraction of sp³-hybridized carbons (Fsp3) is 0.375. The lowest BCUT2D eigenvalue weighted by molar-refractivity contribution is 0.320. The Morgan fingerprint density at radius 1 is 0.905 bits per heavy atom. The van der Waals surface area contributed by atoms with Crippen molar-refractivity contribution in [3.8, 4) is 11.5 Å². The van der Waals surface area contributed by atoms with Crippen LogP contribution in [0.2, 0.25) is 0 Å². The third-order valence-corrected chi connectivity index (χ3v) is 8.76. The second-order valence-corrected chi connectivity index (χ2v) is 12.3. The van der Waals surface area contributed by atoms with E-state index in [2.05, 4.69) is 16.7 Å². The van der Waals surface area contributed by atoms with E-state index in [4.69, 9.17) is 18.9 Å². The van der Waals surface area contributed by atoms with Crippen LogP contribution in [0.3, 0.4) is 0 Å². The van der Waals surface area contributed by atoms with Gasteiger partial charge in [0.15, 0.2) is 11.5 Å². The third-order valence-electron chi connectivity index (χ3n) is 7.52. The van der Waals surface area contributed by atoms with Crippen molar-refractivity contribution in [1.82, 2.24) is 15.3 Å². The Balaban J connectivity index is 1.18. The largest absolute Gasteiger partial charge is 0.490 e. The molecule has 3 aromatic carbocycles. The zero-order chi connectivity index (χ0) is 29.5. The van der Waals surface area contributed by atoms with Crippen molar-refractivity contribution in [2.75, 3.05) is 37.5 Å². The predicted molar refractivity (Wildman–Crippen MR) is 167 cm³/mol. The number of hydrogen-bond donors (Lipinski definition) is 2. The molecule has 0 atom stereocenters. The van der Waals surface area contributed by atoms with Crippen molar-refractivity contribution < 1.29 is 17.3 Å². The Morgan fingerprint density at radius 3 is 2.38 bits per heavy atom. The van der Waals surface area contributed by atoms with Gasteiger partial charge in [-0.25, -0.2) is 4.98 Å². The van der Waals surface area contributed by atoms with Gasteiger partial charge < -0.3 is 24.5 Å². The summed E-state index contributed by atoms with van der Waals surface area (Å²) in [7, 11) is 0.000600. The summed E-state index contributed by atoms with van der Waals surface area (Å²) in [5, 5.41) is 8.15. The summed E-state index contributed by atoms with van der Waals surface area (Å²) < 4.78 is 37.4. The Kier molecular flexibility index (Phi) is 9.44. The molecule has 1 aromatic heterocycles. The molecule has 1 aliphatic carbocycles. The topological polar surface area (TPSA) is 106 Å². The molecule has 0 spiro atoms. The monoisotopic (exact) mass is 589 g/mol. The number of nitrogens with one attached hydrogen (secondary N) is 2.